The van der Waals surface area contributed by atoms with Crippen LogP contribution in [0.4, 0.5) is 4.79 Å². The molecular formula is C14H24N2O3. The minimum atomic E-state index is -1.05. The smallest absolute Gasteiger partial charge is 0.329 e. The molecule has 108 valence electrons. The van der Waals surface area contributed by atoms with E-state index in [2.05, 4.69) is 10.6 Å². The lowest BCUT2D eigenvalue weighted by atomic mass is 9.82. The summed E-state index contributed by atoms with van der Waals surface area (Å²) in [7, 11) is 0. The van der Waals surface area contributed by atoms with Gasteiger partial charge < -0.3 is 15.7 Å². The molecule has 2 rings (SSSR count). The van der Waals surface area contributed by atoms with Gasteiger partial charge in [0.05, 0.1) is 0 Å². The van der Waals surface area contributed by atoms with E-state index in [0.717, 1.165) is 31.6 Å². The van der Waals surface area contributed by atoms with Crippen LogP contribution in [0.25, 0.3) is 0 Å². The minimum Gasteiger partial charge on any atom is -0.480 e. The Bertz CT molecular complexity index is 347. The van der Waals surface area contributed by atoms with E-state index in [-0.39, 0.29) is 12.1 Å². The maximum Gasteiger partial charge on any atom is 0.329 e. The van der Waals surface area contributed by atoms with Crippen molar-refractivity contribution in [3.05, 3.63) is 0 Å². The van der Waals surface area contributed by atoms with Gasteiger partial charge in [0, 0.05) is 6.04 Å². The second-order valence-corrected chi connectivity index (χ2v) is 6.13. The summed E-state index contributed by atoms with van der Waals surface area (Å²) in [5, 5.41) is 15.0. The summed E-state index contributed by atoms with van der Waals surface area (Å²) < 4.78 is 0. The van der Waals surface area contributed by atoms with E-state index in [1.54, 1.807) is 0 Å². The molecule has 0 aromatic heterocycles. The third-order valence-corrected chi connectivity index (χ3v) is 4.23. The summed E-state index contributed by atoms with van der Waals surface area (Å²) >= 11 is 0. The van der Waals surface area contributed by atoms with E-state index in [9.17, 15) is 14.7 Å². The lowest BCUT2D eigenvalue weighted by molar-refractivity contribution is -0.145. The Balaban J connectivity index is 1.85. The Labute approximate surface area is 114 Å². The summed E-state index contributed by atoms with van der Waals surface area (Å²) in [4.78, 5) is 23.4. The standard InChI is InChI=1S/C14H24N2O3/c1-10(9-11-5-6-11)15-13(19)16-14(12(17)18)7-3-2-4-8-14/h10-11H,2-9H2,1H3,(H,17,18)(H2,15,16,19). The van der Waals surface area contributed by atoms with Crippen LogP contribution in [0.2, 0.25) is 0 Å². The average molecular weight is 268 g/mol. The number of carbonyl (C=O) groups excluding carboxylic acids is 1. The molecule has 5 nitrogen and oxygen atoms in total. The number of aliphatic carboxylic acids is 1. The number of carboxylic acids is 1. The number of nitrogens with one attached hydrogen (secondary N) is 2. The lowest BCUT2D eigenvalue weighted by Gasteiger charge is -2.34. The van der Waals surface area contributed by atoms with Crippen LogP contribution in [0, 0.1) is 5.92 Å². The quantitative estimate of drug-likeness (QED) is 0.715. The predicted octanol–water partition coefficient (Wildman–Crippen LogP) is 2.26. The largest absolute Gasteiger partial charge is 0.480 e. The number of carbonyl (C=O) groups is 2. The number of rotatable bonds is 5. The first kappa shape index (κ1) is 14.2. The fourth-order valence-corrected chi connectivity index (χ4v) is 2.94. The number of carboxylic acid groups (broad SMARTS) is 1. The van der Waals surface area contributed by atoms with Crippen LogP contribution >= 0.6 is 0 Å². The summed E-state index contributed by atoms with van der Waals surface area (Å²) in [6, 6.07) is -0.223. The van der Waals surface area contributed by atoms with Gasteiger partial charge in [-0.25, -0.2) is 9.59 Å². The highest BCUT2D eigenvalue weighted by Crippen LogP contribution is 2.33. The third-order valence-electron chi connectivity index (χ3n) is 4.23. The molecule has 5 heteroatoms. The lowest BCUT2D eigenvalue weighted by Crippen LogP contribution is -2.59. The first-order valence-corrected chi connectivity index (χ1v) is 7.34. The van der Waals surface area contributed by atoms with Crippen LogP contribution in [0.15, 0.2) is 0 Å². The van der Waals surface area contributed by atoms with E-state index in [1.807, 2.05) is 6.92 Å². The van der Waals surface area contributed by atoms with Crippen molar-refractivity contribution in [3.8, 4) is 0 Å². The van der Waals surface area contributed by atoms with E-state index < -0.39 is 11.5 Å². The highest BCUT2D eigenvalue weighted by molar-refractivity contribution is 5.86. The molecule has 0 heterocycles. The molecule has 0 aliphatic heterocycles. The van der Waals surface area contributed by atoms with Crippen LogP contribution in [-0.2, 0) is 4.79 Å². The molecule has 2 aliphatic rings. The minimum absolute atomic E-state index is 0.113. The van der Waals surface area contributed by atoms with Crippen molar-refractivity contribution < 1.29 is 14.7 Å². The fourth-order valence-electron chi connectivity index (χ4n) is 2.94. The summed E-state index contributed by atoms with van der Waals surface area (Å²) in [6.45, 7) is 1.98. The predicted molar refractivity (Wildman–Crippen MR) is 71.9 cm³/mol. The van der Waals surface area contributed by atoms with Crippen molar-refractivity contribution in [2.75, 3.05) is 0 Å². The molecule has 0 aromatic carbocycles. The van der Waals surface area contributed by atoms with Gasteiger partial charge in [-0.15, -0.1) is 0 Å². The van der Waals surface area contributed by atoms with Crippen LogP contribution < -0.4 is 10.6 Å². The molecule has 0 aromatic rings. The zero-order valence-corrected chi connectivity index (χ0v) is 11.6. The molecule has 3 N–H and O–H groups in total. The first-order valence-electron chi connectivity index (χ1n) is 7.34. The van der Waals surface area contributed by atoms with Gasteiger partial charge in [-0.3, -0.25) is 0 Å². The molecule has 0 bridgehead atoms. The highest BCUT2D eigenvalue weighted by atomic mass is 16.4. The Morgan fingerprint density at radius 3 is 2.42 bits per heavy atom. The van der Waals surface area contributed by atoms with E-state index in [0.29, 0.717) is 12.8 Å². The maximum atomic E-state index is 11.9. The number of amides is 2. The number of urea groups is 1. The zero-order valence-electron chi connectivity index (χ0n) is 11.6. The van der Waals surface area contributed by atoms with Crippen molar-refractivity contribution in [1.29, 1.82) is 0 Å². The molecule has 0 radical (unpaired) electrons. The van der Waals surface area contributed by atoms with Gasteiger partial charge in [-0.1, -0.05) is 32.1 Å². The second kappa shape index (κ2) is 5.80. The molecule has 1 atom stereocenters. The normalized spacial score (nSPS) is 23.4. The van der Waals surface area contributed by atoms with Crippen molar-refractivity contribution >= 4 is 12.0 Å². The van der Waals surface area contributed by atoms with Gasteiger partial charge in [0.25, 0.3) is 0 Å². The Hall–Kier alpha value is -1.26. The summed E-state index contributed by atoms with van der Waals surface area (Å²) in [6.07, 6.45) is 7.36. The Kier molecular flexibility index (Phi) is 4.32. The van der Waals surface area contributed by atoms with Crippen LogP contribution in [0.1, 0.15) is 58.3 Å². The van der Waals surface area contributed by atoms with Gasteiger partial charge in [0.1, 0.15) is 5.54 Å². The molecule has 0 saturated heterocycles. The van der Waals surface area contributed by atoms with Crippen molar-refractivity contribution in [2.45, 2.75) is 69.9 Å². The summed E-state index contributed by atoms with van der Waals surface area (Å²) in [5.74, 6) is -0.157. The second-order valence-electron chi connectivity index (χ2n) is 6.13. The van der Waals surface area contributed by atoms with Crippen molar-refractivity contribution in [2.24, 2.45) is 5.92 Å². The third kappa shape index (κ3) is 3.85. The van der Waals surface area contributed by atoms with E-state index >= 15 is 0 Å². The van der Waals surface area contributed by atoms with Gasteiger partial charge in [-0.2, -0.15) is 0 Å². The van der Waals surface area contributed by atoms with Gasteiger partial charge >= 0.3 is 12.0 Å². The topological polar surface area (TPSA) is 78.4 Å². The highest BCUT2D eigenvalue weighted by Gasteiger charge is 2.41. The molecule has 2 aliphatic carbocycles. The molecule has 2 saturated carbocycles. The number of hydrogen-bond donors (Lipinski definition) is 3. The number of hydrogen-bond acceptors (Lipinski definition) is 2. The van der Waals surface area contributed by atoms with Crippen molar-refractivity contribution in [1.82, 2.24) is 10.6 Å². The monoisotopic (exact) mass is 268 g/mol. The van der Waals surface area contributed by atoms with E-state index in [1.165, 1.54) is 12.8 Å². The first-order chi connectivity index (χ1) is 9.02. The maximum absolute atomic E-state index is 11.9. The molecule has 19 heavy (non-hydrogen) atoms. The summed E-state index contributed by atoms with van der Waals surface area (Å²) in [5.41, 5.74) is -1.05. The Morgan fingerprint density at radius 2 is 1.89 bits per heavy atom. The fraction of sp³-hybridized carbons (Fsp3) is 0.857. The average Bonchev–Trinajstić information content (AvgIpc) is 3.13. The van der Waals surface area contributed by atoms with Gasteiger partial charge in [0.15, 0.2) is 0 Å². The SMILES string of the molecule is CC(CC1CC1)NC(=O)NC1(C(=O)O)CCCCC1. The molecule has 2 fully saturated rings. The Morgan fingerprint density at radius 1 is 1.26 bits per heavy atom. The molecular weight excluding hydrogens is 244 g/mol. The van der Waals surface area contributed by atoms with Gasteiger partial charge in [0.2, 0.25) is 0 Å². The van der Waals surface area contributed by atoms with Gasteiger partial charge in [-0.05, 0) is 32.1 Å². The molecule has 0 spiro atoms. The van der Waals surface area contributed by atoms with Crippen molar-refractivity contribution in [3.63, 3.8) is 0 Å². The zero-order chi connectivity index (χ0) is 13.9. The van der Waals surface area contributed by atoms with Crippen LogP contribution in [-0.4, -0.2) is 28.7 Å². The van der Waals surface area contributed by atoms with E-state index in [4.69, 9.17) is 0 Å². The van der Waals surface area contributed by atoms with Crippen LogP contribution in [0.5, 0.6) is 0 Å². The van der Waals surface area contributed by atoms with Crippen LogP contribution in [0.3, 0.4) is 0 Å². The molecule has 2 amide bonds. The molecule has 1 unspecified atom stereocenters.